The zero-order valence-corrected chi connectivity index (χ0v) is 27.5. The van der Waals surface area contributed by atoms with Crippen molar-refractivity contribution in [3.05, 3.63) is 82.9 Å². The van der Waals surface area contributed by atoms with E-state index in [0.29, 0.717) is 29.5 Å². The molecule has 1 heterocycles. The Kier molecular flexibility index (Phi) is 8.29. The van der Waals surface area contributed by atoms with E-state index in [1.807, 2.05) is 6.92 Å². The maximum absolute atomic E-state index is 14.3. The number of hydrogen-bond acceptors (Lipinski definition) is 9. The van der Waals surface area contributed by atoms with Gasteiger partial charge >= 0.3 is 5.97 Å². The van der Waals surface area contributed by atoms with Gasteiger partial charge < -0.3 is 35.2 Å². The Hall–Kier alpha value is -3.41. The van der Waals surface area contributed by atoms with Gasteiger partial charge in [-0.25, -0.2) is 4.79 Å². The molecule has 4 aliphatic rings. The Morgan fingerprint density at radius 3 is 2.23 bits per heavy atom. The molecule has 252 valence electrons. The number of aliphatic hydroxyl groups is 4. The third kappa shape index (κ3) is 4.99. The molecule has 47 heavy (non-hydrogen) atoms. The predicted octanol–water partition coefficient (Wildman–Crippen LogP) is 3.03. The Bertz CT molecular complexity index is 1590. The third-order valence-corrected chi connectivity index (χ3v) is 12.0. The molecule has 9 unspecified atom stereocenters. The number of benzene rings is 2. The van der Waals surface area contributed by atoms with Crippen LogP contribution >= 0.6 is 0 Å². The number of nitrogens with one attached hydrogen (secondary N) is 1. The van der Waals surface area contributed by atoms with Crippen molar-refractivity contribution in [2.75, 3.05) is 6.61 Å². The molecule has 2 aromatic carbocycles. The van der Waals surface area contributed by atoms with E-state index in [2.05, 4.69) is 5.32 Å². The predicted molar refractivity (Wildman–Crippen MR) is 171 cm³/mol. The maximum Gasteiger partial charge on any atom is 0.338 e. The lowest BCUT2D eigenvalue weighted by Crippen LogP contribution is -2.76. The third-order valence-electron chi connectivity index (χ3n) is 12.0. The van der Waals surface area contributed by atoms with E-state index in [1.54, 1.807) is 88.4 Å². The van der Waals surface area contributed by atoms with Crippen LogP contribution in [-0.2, 0) is 19.1 Å². The smallest absolute Gasteiger partial charge is 0.338 e. The van der Waals surface area contributed by atoms with E-state index in [9.17, 15) is 34.8 Å². The molecular formula is C37H45NO9. The topological polar surface area (TPSA) is 163 Å². The van der Waals surface area contributed by atoms with E-state index in [0.717, 1.165) is 0 Å². The normalized spacial score (nSPS) is 37.2. The van der Waals surface area contributed by atoms with Crippen molar-refractivity contribution >= 4 is 17.7 Å². The number of carbonyl (C=O) groups is 3. The number of hydrogen-bond donors (Lipinski definition) is 5. The summed E-state index contributed by atoms with van der Waals surface area (Å²) in [6.07, 6.45) is -4.32. The van der Waals surface area contributed by atoms with Gasteiger partial charge in [0, 0.05) is 28.7 Å². The average molecular weight is 648 g/mol. The maximum atomic E-state index is 14.3. The number of rotatable bonds is 6. The molecule has 10 heteroatoms. The zero-order valence-electron chi connectivity index (χ0n) is 27.5. The Balaban J connectivity index is 1.35. The van der Waals surface area contributed by atoms with E-state index in [-0.39, 0.29) is 18.6 Å². The SMILES string of the molecule is CC1=C2C(O)C(=O)[C@]3(C)CCC4OCC4(O)C3C(C)C(O)(CC1OC(=O)C(O)C(NC(=O)c1ccccc1)c1ccccc1)C2(C)C. The number of ether oxygens (including phenoxy) is 2. The molecular weight excluding hydrogens is 602 g/mol. The quantitative estimate of drug-likeness (QED) is 0.234. The lowest BCUT2D eigenvalue weighted by atomic mass is 9.43. The number of carbonyl (C=O) groups excluding carboxylic acids is 3. The molecule has 3 aliphatic carbocycles. The van der Waals surface area contributed by atoms with Gasteiger partial charge in [0.25, 0.3) is 5.91 Å². The lowest BCUT2D eigenvalue weighted by molar-refractivity contribution is -0.320. The minimum absolute atomic E-state index is 0.0179. The van der Waals surface area contributed by atoms with Crippen molar-refractivity contribution in [2.45, 2.75) is 95.5 Å². The first-order chi connectivity index (χ1) is 22.1. The highest BCUT2D eigenvalue weighted by molar-refractivity contribution is 5.95. The first-order valence-corrected chi connectivity index (χ1v) is 16.4. The van der Waals surface area contributed by atoms with Crippen LogP contribution in [0.5, 0.6) is 0 Å². The molecule has 0 radical (unpaired) electrons. The number of esters is 1. The van der Waals surface area contributed by atoms with Crippen LogP contribution in [0.2, 0.25) is 0 Å². The van der Waals surface area contributed by atoms with Crippen LogP contribution in [-0.4, -0.2) is 80.3 Å². The van der Waals surface area contributed by atoms with Gasteiger partial charge in [0.2, 0.25) is 0 Å². The average Bonchev–Trinajstić information content (AvgIpc) is 3.04. The first-order valence-electron chi connectivity index (χ1n) is 16.4. The molecule has 3 fully saturated rings. The highest BCUT2D eigenvalue weighted by atomic mass is 16.6. The molecule has 10 nitrogen and oxygen atoms in total. The summed E-state index contributed by atoms with van der Waals surface area (Å²) >= 11 is 0. The van der Waals surface area contributed by atoms with Gasteiger partial charge in [0.15, 0.2) is 11.9 Å². The first kappa shape index (κ1) is 33.5. The van der Waals surface area contributed by atoms with Crippen LogP contribution < -0.4 is 5.32 Å². The second-order valence-corrected chi connectivity index (χ2v) is 14.7. The largest absolute Gasteiger partial charge is 0.456 e. The zero-order chi connectivity index (χ0) is 34.1. The van der Waals surface area contributed by atoms with Crippen molar-refractivity contribution in [1.29, 1.82) is 0 Å². The van der Waals surface area contributed by atoms with Gasteiger partial charge in [-0.15, -0.1) is 0 Å². The molecule has 1 aliphatic heterocycles. The molecule has 0 aromatic heterocycles. The molecule has 6 rings (SSSR count). The van der Waals surface area contributed by atoms with Gasteiger partial charge in [0.1, 0.15) is 17.8 Å². The van der Waals surface area contributed by atoms with E-state index in [1.165, 1.54) is 0 Å². The van der Waals surface area contributed by atoms with Crippen molar-refractivity contribution in [3.8, 4) is 0 Å². The summed E-state index contributed by atoms with van der Waals surface area (Å²) in [7, 11) is 0. The fraction of sp³-hybridized carbons (Fsp3) is 0.541. The Morgan fingerprint density at radius 2 is 1.64 bits per heavy atom. The van der Waals surface area contributed by atoms with Crippen molar-refractivity contribution < 1.29 is 44.3 Å². The number of ketones is 1. The van der Waals surface area contributed by atoms with Gasteiger partial charge in [-0.2, -0.15) is 0 Å². The number of aliphatic hydroxyl groups excluding tert-OH is 2. The monoisotopic (exact) mass is 647 g/mol. The van der Waals surface area contributed by atoms with Crippen LogP contribution in [0.1, 0.15) is 75.8 Å². The van der Waals surface area contributed by atoms with E-state index in [4.69, 9.17) is 9.47 Å². The van der Waals surface area contributed by atoms with Crippen molar-refractivity contribution in [1.82, 2.24) is 5.32 Å². The minimum Gasteiger partial charge on any atom is -0.456 e. The Labute approximate surface area is 274 Å². The summed E-state index contributed by atoms with van der Waals surface area (Å²) in [6.45, 7) is 8.79. The number of fused-ring (bicyclic) bond motifs is 5. The van der Waals surface area contributed by atoms with E-state index < -0.39 is 82.0 Å². The number of amides is 1. The second kappa shape index (κ2) is 11.6. The molecule has 2 saturated carbocycles. The molecule has 2 aromatic rings. The summed E-state index contributed by atoms with van der Waals surface area (Å²) in [5.41, 5.74) is -3.81. The molecule has 10 atom stereocenters. The lowest BCUT2D eigenvalue weighted by Gasteiger charge is -2.66. The fourth-order valence-corrected chi connectivity index (χ4v) is 9.31. The summed E-state index contributed by atoms with van der Waals surface area (Å²) in [4.78, 5) is 41.2. The molecule has 2 bridgehead atoms. The van der Waals surface area contributed by atoms with Crippen LogP contribution in [0.3, 0.4) is 0 Å². The van der Waals surface area contributed by atoms with Crippen LogP contribution in [0.4, 0.5) is 0 Å². The Morgan fingerprint density at radius 1 is 1.02 bits per heavy atom. The second-order valence-electron chi connectivity index (χ2n) is 14.7. The van der Waals surface area contributed by atoms with Gasteiger partial charge in [0.05, 0.1) is 24.4 Å². The van der Waals surface area contributed by atoms with Crippen LogP contribution in [0.25, 0.3) is 0 Å². The minimum atomic E-state index is -1.84. The molecule has 0 spiro atoms. The molecule has 5 N–H and O–H groups in total. The van der Waals surface area contributed by atoms with Crippen LogP contribution in [0, 0.1) is 22.7 Å². The van der Waals surface area contributed by atoms with Crippen molar-refractivity contribution in [3.63, 3.8) is 0 Å². The van der Waals surface area contributed by atoms with Gasteiger partial charge in [-0.1, -0.05) is 76.2 Å². The summed E-state index contributed by atoms with van der Waals surface area (Å²) in [6, 6.07) is 15.8. The highest BCUT2D eigenvalue weighted by Crippen LogP contribution is 2.64. The molecule has 1 amide bonds. The van der Waals surface area contributed by atoms with Crippen LogP contribution in [0.15, 0.2) is 71.8 Å². The number of Topliss-reactive ketones (excluding diaryl/α,β-unsaturated/α-hetero) is 1. The van der Waals surface area contributed by atoms with Gasteiger partial charge in [-0.3, -0.25) is 9.59 Å². The standard InChI is InChI=1S/C37H45NO9/c1-20-24(47-33(43)29(40)27(22-12-8-6-9-13-22)38-32(42)23-14-10-7-11-15-23)18-37(45)21(2)30-35(5,17-16-25-36(30,44)19-46-25)31(41)28(39)26(20)34(37,3)4/h6-15,21,24-25,27-30,39-40,44-45H,16-19H2,1-5H3,(H,38,42)/t21?,24?,25?,27?,28?,29?,30?,35-,36?,37?/m1/s1. The van der Waals surface area contributed by atoms with E-state index >= 15 is 0 Å². The summed E-state index contributed by atoms with van der Waals surface area (Å²) in [5, 5.41) is 50.6. The highest BCUT2D eigenvalue weighted by Gasteiger charge is 2.72. The summed E-state index contributed by atoms with van der Waals surface area (Å²) < 4.78 is 11.7. The molecule has 1 saturated heterocycles. The van der Waals surface area contributed by atoms with Gasteiger partial charge in [-0.05, 0) is 54.5 Å². The van der Waals surface area contributed by atoms with Crippen molar-refractivity contribution in [2.24, 2.45) is 22.7 Å². The fourth-order valence-electron chi connectivity index (χ4n) is 9.31. The summed E-state index contributed by atoms with van der Waals surface area (Å²) in [5.74, 6) is -3.42.